The van der Waals surface area contributed by atoms with E-state index < -0.39 is 17.9 Å². The third kappa shape index (κ3) is 4.50. The molecule has 0 aliphatic carbocycles. The van der Waals surface area contributed by atoms with E-state index in [1.165, 1.54) is 14.0 Å². The first-order chi connectivity index (χ1) is 8.93. The van der Waals surface area contributed by atoms with Crippen LogP contribution in [0.15, 0.2) is 18.2 Å². The standard InChI is InChI=1S/C13H17NO5/c1-8-4-5-10(11(6-8)18-3)19-7-12(15)14-9(2)13(16)17/h4-6,9H,7H2,1-3H3,(H,14,15)(H,16,17)/t9-/m1/s1. The molecule has 1 aromatic rings. The van der Waals surface area contributed by atoms with Crippen LogP contribution in [-0.2, 0) is 9.59 Å². The van der Waals surface area contributed by atoms with Gasteiger partial charge in [0.1, 0.15) is 6.04 Å². The third-order valence-electron chi connectivity index (χ3n) is 2.43. The van der Waals surface area contributed by atoms with Gasteiger partial charge in [-0.1, -0.05) is 6.07 Å². The largest absolute Gasteiger partial charge is 0.493 e. The first-order valence-electron chi connectivity index (χ1n) is 5.73. The summed E-state index contributed by atoms with van der Waals surface area (Å²) in [5.74, 6) is -0.635. The van der Waals surface area contributed by atoms with Gasteiger partial charge in [-0.15, -0.1) is 0 Å². The number of rotatable bonds is 6. The molecule has 2 N–H and O–H groups in total. The molecule has 1 aromatic carbocycles. The molecular weight excluding hydrogens is 250 g/mol. The Hall–Kier alpha value is -2.24. The summed E-state index contributed by atoms with van der Waals surface area (Å²) in [6, 6.07) is 4.36. The lowest BCUT2D eigenvalue weighted by atomic mass is 10.2. The van der Waals surface area contributed by atoms with Gasteiger partial charge >= 0.3 is 5.97 Å². The fourth-order valence-electron chi connectivity index (χ4n) is 1.38. The van der Waals surface area contributed by atoms with Crippen LogP contribution in [0.25, 0.3) is 0 Å². The quantitative estimate of drug-likeness (QED) is 0.802. The Morgan fingerprint density at radius 2 is 2.05 bits per heavy atom. The molecule has 1 amide bonds. The molecule has 0 aliphatic heterocycles. The van der Waals surface area contributed by atoms with E-state index in [9.17, 15) is 9.59 Å². The van der Waals surface area contributed by atoms with Crippen molar-refractivity contribution in [3.63, 3.8) is 0 Å². The molecule has 6 heteroatoms. The fraction of sp³-hybridized carbons (Fsp3) is 0.385. The van der Waals surface area contributed by atoms with E-state index in [0.29, 0.717) is 11.5 Å². The summed E-state index contributed by atoms with van der Waals surface area (Å²) in [7, 11) is 1.51. The van der Waals surface area contributed by atoms with E-state index >= 15 is 0 Å². The van der Waals surface area contributed by atoms with E-state index in [1.54, 1.807) is 12.1 Å². The molecule has 1 atom stereocenters. The van der Waals surface area contributed by atoms with Crippen molar-refractivity contribution in [1.82, 2.24) is 5.32 Å². The topological polar surface area (TPSA) is 84.9 Å². The van der Waals surface area contributed by atoms with Gasteiger partial charge < -0.3 is 19.9 Å². The second-order valence-corrected chi connectivity index (χ2v) is 4.07. The van der Waals surface area contributed by atoms with Gasteiger partial charge in [-0.2, -0.15) is 0 Å². The number of ether oxygens (including phenoxy) is 2. The Kier molecular flexibility index (Phi) is 5.17. The molecule has 1 rings (SSSR count). The highest BCUT2D eigenvalue weighted by molar-refractivity contribution is 5.84. The van der Waals surface area contributed by atoms with Crippen molar-refractivity contribution < 1.29 is 24.2 Å². The number of benzene rings is 1. The summed E-state index contributed by atoms with van der Waals surface area (Å²) < 4.78 is 10.4. The number of nitrogens with one attached hydrogen (secondary N) is 1. The Balaban J connectivity index is 2.57. The lowest BCUT2D eigenvalue weighted by Gasteiger charge is -2.12. The molecule has 0 radical (unpaired) electrons. The van der Waals surface area contributed by atoms with Gasteiger partial charge in [-0.3, -0.25) is 9.59 Å². The second-order valence-electron chi connectivity index (χ2n) is 4.07. The average molecular weight is 267 g/mol. The summed E-state index contributed by atoms with van der Waals surface area (Å²) in [6.45, 7) is 3.03. The Bertz CT molecular complexity index is 472. The van der Waals surface area contributed by atoms with Crippen molar-refractivity contribution in [2.45, 2.75) is 19.9 Å². The molecule has 104 valence electrons. The highest BCUT2D eigenvalue weighted by Gasteiger charge is 2.14. The molecule has 6 nitrogen and oxygen atoms in total. The van der Waals surface area contributed by atoms with Gasteiger partial charge in [0.05, 0.1) is 7.11 Å². The number of carbonyl (C=O) groups is 2. The van der Waals surface area contributed by atoms with Crippen LogP contribution in [0.4, 0.5) is 0 Å². The van der Waals surface area contributed by atoms with Crippen LogP contribution in [0, 0.1) is 6.92 Å². The number of methoxy groups -OCH3 is 1. The number of amides is 1. The van der Waals surface area contributed by atoms with E-state index in [0.717, 1.165) is 5.56 Å². The van der Waals surface area contributed by atoms with Crippen LogP contribution in [0.5, 0.6) is 11.5 Å². The number of aliphatic carboxylic acids is 1. The van der Waals surface area contributed by atoms with E-state index in [-0.39, 0.29) is 6.61 Å². The number of hydrogen-bond donors (Lipinski definition) is 2. The number of carboxylic acids is 1. The third-order valence-corrected chi connectivity index (χ3v) is 2.43. The summed E-state index contributed by atoms with van der Waals surface area (Å²) in [5.41, 5.74) is 1.01. The zero-order chi connectivity index (χ0) is 14.4. The van der Waals surface area contributed by atoms with Crippen molar-refractivity contribution >= 4 is 11.9 Å². The number of aryl methyl sites for hydroxylation is 1. The number of hydrogen-bond acceptors (Lipinski definition) is 4. The molecule has 0 aliphatic rings. The van der Waals surface area contributed by atoms with E-state index in [1.807, 2.05) is 13.0 Å². The SMILES string of the molecule is COc1cc(C)ccc1OCC(=O)N[C@H](C)C(=O)O. The predicted molar refractivity (Wildman–Crippen MR) is 68.5 cm³/mol. The maximum atomic E-state index is 11.5. The van der Waals surface area contributed by atoms with E-state index in [2.05, 4.69) is 5.32 Å². The van der Waals surface area contributed by atoms with Crippen LogP contribution in [0.1, 0.15) is 12.5 Å². The smallest absolute Gasteiger partial charge is 0.325 e. The number of carbonyl (C=O) groups excluding carboxylic acids is 1. The lowest BCUT2D eigenvalue weighted by Crippen LogP contribution is -2.40. The van der Waals surface area contributed by atoms with Crippen LogP contribution < -0.4 is 14.8 Å². The van der Waals surface area contributed by atoms with Crippen LogP contribution in [0.3, 0.4) is 0 Å². The van der Waals surface area contributed by atoms with Gasteiger partial charge in [0.15, 0.2) is 18.1 Å². The van der Waals surface area contributed by atoms with Crippen molar-refractivity contribution in [2.75, 3.05) is 13.7 Å². The maximum absolute atomic E-state index is 11.5. The zero-order valence-electron chi connectivity index (χ0n) is 11.1. The Morgan fingerprint density at radius 1 is 1.37 bits per heavy atom. The minimum atomic E-state index is -1.10. The average Bonchev–Trinajstić information content (AvgIpc) is 2.36. The van der Waals surface area contributed by atoms with Gasteiger partial charge in [-0.05, 0) is 31.5 Å². The molecule has 0 unspecified atom stereocenters. The van der Waals surface area contributed by atoms with Gasteiger partial charge in [0.2, 0.25) is 0 Å². The Labute approximate surface area is 111 Å². The lowest BCUT2D eigenvalue weighted by molar-refractivity contribution is -0.141. The first kappa shape index (κ1) is 14.8. The highest BCUT2D eigenvalue weighted by atomic mass is 16.5. The van der Waals surface area contributed by atoms with Crippen molar-refractivity contribution in [2.24, 2.45) is 0 Å². The normalized spacial score (nSPS) is 11.5. The summed E-state index contributed by atoms with van der Waals surface area (Å²) >= 11 is 0. The van der Waals surface area contributed by atoms with Gasteiger partial charge in [0, 0.05) is 0 Å². The van der Waals surface area contributed by atoms with Gasteiger partial charge in [0.25, 0.3) is 5.91 Å². The van der Waals surface area contributed by atoms with Crippen LogP contribution in [0.2, 0.25) is 0 Å². The van der Waals surface area contributed by atoms with Crippen molar-refractivity contribution in [3.05, 3.63) is 23.8 Å². The summed E-state index contributed by atoms with van der Waals surface area (Å²) in [5, 5.41) is 10.9. The fourth-order valence-corrected chi connectivity index (χ4v) is 1.38. The zero-order valence-corrected chi connectivity index (χ0v) is 11.1. The second kappa shape index (κ2) is 6.63. The monoisotopic (exact) mass is 267 g/mol. The molecule has 0 bridgehead atoms. The van der Waals surface area contributed by atoms with Gasteiger partial charge in [-0.25, -0.2) is 0 Å². The molecule has 0 saturated carbocycles. The minimum absolute atomic E-state index is 0.267. The first-order valence-corrected chi connectivity index (χ1v) is 5.73. The highest BCUT2D eigenvalue weighted by Crippen LogP contribution is 2.27. The van der Waals surface area contributed by atoms with Crippen molar-refractivity contribution in [1.29, 1.82) is 0 Å². The van der Waals surface area contributed by atoms with Crippen LogP contribution >= 0.6 is 0 Å². The summed E-state index contributed by atoms with van der Waals surface area (Å²) in [4.78, 5) is 22.0. The maximum Gasteiger partial charge on any atom is 0.325 e. The van der Waals surface area contributed by atoms with Crippen molar-refractivity contribution in [3.8, 4) is 11.5 Å². The molecule has 0 fully saturated rings. The minimum Gasteiger partial charge on any atom is -0.493 e. The molecule has 0 aromatic heterocycles. The van der Waals surface area contributed by atoms with E-state index in [4.69, 9.17) is 14.6 Å². The molecule has 0 spiro atoms. The van der Waals surface area contributed by atoms with Crippen LogP contribution in [-0.4, -0.2) is 36.7 Å². The number of carboxylic acid groups (broad SMARTS) is 1. The molecule has 0 saturated heterocycles. The molecule has 0 heterocycles. The summed E-state index contributed by atoms with van der Waals surface area (Å²) in [6.07, 6.45) is 0. The Morgan fingerprint density at radius 3 is 2.63 bits per heavy atom. The predicted octanol–water partition coefficient (Wildman–Crippen LogP) is 0.972. The molecular formula is C13H17NO5. The molecule has 19 heavy (non-hydrogen) atoms.